The minimum Gasteiger partial charge on any atom is -0.486 e. The van der Waals surface area contributed by atoms with Crippen LogP contribution in [0.25, 0.3) is 66.1 Å². The van der Waals surface area contributed by atoms with Crippen molar-refractivity contribution in [3.63, 3.8) is 0 Å². The number of fused-ring (bicyclic) bond motifs is 10. The summed E-state index contributed by atoms with van der Waals surface area (Å²) in [6, 6.07) is 62.7. The van der Waals surface area contributed by atoms with E-state index in [-0.39, 0.29) is 12.1 Å². The summed E-state index contributed by atoms with van der Waals surface area (Å²) in [4.78, 5) is 2.47. The zero-order valence-corrected chi connectivity index (χ0v) is 39.5. The summed E-state index contributed by atoms with van der Waals surface area (Å²) in [7, 11) is 0. The van der Waals surface area contributed by atoms with Crippen molar-refractivity contribution in [3.05, 3.63) is 181 Å². The standard InChI is InChI=1S/C62H47BN2O6/c1-62(2,3)41-33-50(64-43-19-24-56-60(36-43)69-28-26-67-56)61-52(34-41)65(44-10-8-9-37(29-44)39-15-20-47-45-11-4-6-13-53(45)70-57(47)31-39)51-30-38(40-16-21-48-46-12-5-7-14-54(46)71-58(48)32-40)17-22-49(51)63(61)42-18-23-55-59(35-42)68-27-25-66-55/h4-24,29-36,64H,25-28H2,1-3H3. The highest BCUT2D eigenvalue weighted by molar-refractivity contribution is 6.99. The second kappa shape index (κ2) is 16.0. The van der Waals surface area contributed by atoms with Crippen molar-refractivity contribution < 1.29 is 27.8 Å². The van der Waals surface area contributed by atoms with Gasteiger partial charge in [-0.2, -0.15) is 0 Å². The maximum atomic E-state index is 6.46. The Bertz CT molecular complexity index is 3960. The first-order valence-electron chi connectivity index (χ1n) is 24.4. The number of nitrogens with zero attached hydrogens (tertiary/aromatic N) is 1. The lowest BCUT2D eigenvalue weighted by molar-refractivity contribution is 0.171. The smallest absolute Gasteiger partial charge is 0.249 e. The minimum absolute atomic E-state index is 0.218. The molecule has 344 valence electrons. The van der Waals surface area contributed by atoms with Crippen LogP contribution in [-0.4, -0.2) is 33.1 Å². The summed E-state index contributed by atoms with van der Waals surface area (Å²) < 4.78 is 37.4. The van der Waals surface area contributed by atoms with Gasteiger partial charge in [0.1, 0.15) is 48.8 Å². The van der Waals surface area contributed by atoms with Crippen LogP contribution < -0.4 is 45.6 Å². The molecule has 0 aliphatic carbocycles. The van der Waals surface area contributed by atoms with Crippen molar-refractivity contribution in [1.82, 2.24) is 0 Å². The summed E-state index contributed by atoms with van der Waals surface area (Å²) in [5.41, 5.74) is 17.2. The molecule has 8 nitrogen and oxygen atoms in total. The number of nitrogens with one attached hydrogen (secondary N) is 1. The normalized spacial score (nSPS) is 14.0. The lowest BCUT2D eigenvalue weighted by Crippen LogP contribution is -2.58. The number of hydrogen-bond donors (Lipinski definition) is 1. The topological polar surface area (TPSA) is 78.5 Å². The van der Waals surface area contributed by atoms with Gasteiger partial charge in [0, 0.05) is 56.0 Å². The largest absolute Gasteiger partial charge is 0.486 e. The van der Waals surface area contributed by atoms with Crippen molar-refractivity contribution in [1.29, 1.82) is 0 Å². The molecule has 3 aliphatic heterocycles. The Morgan fingerprint density at radius 1 is 0.451 bits per heavy atom. The maximum absolute atomic E-state index is 6.46. The van der Waals surface area contributed by atoms with Crippen LogP contribution in [0.15, 0.2) is 185 Å². The second-order valence-electron chi connectivity index (χ2n) is 19.8. The average molecular weight is 927 g/mol. The SMILES string of the molecule is CC(C)(C)c1cc(Nc2ccc3c(c2)OCCO3)c2c(c1)N(c1cccc(-c3ccc4c(c3)oc3ccccc34)c1)c1cc(-c3ccc4c(c3)oc3ccccc34)ccc1B2c1ccc2c(c1)OCCO2. The number of rotatable bonds is 6. The van der Waals surface area contributed by atoms with Gasteiger partial charge in [0.2, 0.25) is 6.71 Å². The van der Waals surface area contributed by atoms with Crippen LogP contribution in [0.4, 0.5) is 28.4 Å². The van der Waals surface area contributed by atoms with E-state index in [0.29, 0.717) is 26.4 Å². The van der Waals surface area contributed by atoms with E-state index in [0.717, 1.165) is 134 Å². The number of benzene rings is 9. The van der Waals surface area contributed by atoms with Crippen molar-refractivity contribution in [3.8, 4) is 45.3 Å². The first-order valence-corrected chi connectivity index (χ1v) is 24.4. The number of hydrogen-bond acceptors (Lipinski definition) is 8. The second-order valence-corrected chi connectivity index (χ2v) is 19.8. The minimum atomic E-state index is -0.230. The molecule has 2 aromatic heterocycles. The van der Waals surface area contributed by atoms with Gasteiger partial charge >= 0.3 is 0 Å². The van der Waals surface area contributed by atoms with Gasteiger partial charge < -0.3 is 38.0 Å². The highest BCUT2D eigenvalue weighted by Crippen LogP contribution is 2.45. The number of ether oxygens (including phenoxy) is 4. The van der Waals surface area contributed by atoms with E-state index in [9.17, 15) is 0 Å². The van der Waals surface area contributed by atoms with Crippen LogP contribution in [0, 0.1) is 0 Å². The fraction of sp³-hybridized carbons (Fsp3) is 0.129. The number of furan rings is 2. The summed E-state index contributed by atoms with van der Waals surface area (Å²) >= 11 is 0. The molecule has 0 radical (unpaired) electrons. The van der Waals surface area contributed by atoms with Crippen LogP contribution in [-0.2, 0) is 5.41 Å². The predicted molar refractivity (Wildman–Crippen MR) is 288 cm³/mol. The molecule has 0 saturated heterocycles. The summed E-state index contributed by atoms with van der Waals surface area (Å²) in [6.45, 7) is 8.65. The molecule has 9 aromatic carbocycles. The molecule has 14 rings (SSSR count). The molecule has 0 atom stereocenters. The van der Waals surface area contributed by atoms with Crippen LogP contribution in [0.1, 0.15) is 26.3 Å². The van der Waals surface area contributed by atoms with E-state index >= 15 is 0 Å². The van der Waals surface area contributed by atoms with Gasteiger partial charge in [0.15, 0.2) is 23.0 Å². The van der Waals surface area contributed by atoms with Crippen molar-refractivity contribution >= 4 is 95.4 Å². The quantitative estimate of drug-likeness (QED) is 0.165. The monoisotopic (exact) mass is 926 g/mol. The van der Waals surface area contributed by atoms with E-state index in [4.69, 9.17) is 27.8 Å². The van der Waals surface area contributed by atoms with Gasteiger partial charge in [-0.25, -0.2) is 0 Å². The van der Waals surface area contributed by atoms with Crippen molar-refractivity contribution in [2.24, 2.45) is 0 Å². The Morgan fingerprint density at radius 3 is 1.70 bits per heavy atom. The van der Waals surface area contributed by atoms with E-state index in [1.165, 1.54) is 5.56 Å². The molecule has 3 aliphatic rings. The van der Waals surface area contributed by atoms with Crippen molar-refractivity contribution in [2.45, 2.75) is 26.2 Å². The van der Waals surface area contributed by atoms with Crippen LogP contribution in [0.3, 0.4) is 0 Å². The maximum Gasteiger partial charge on any atom is 0.249 e. The molecule has 0 unspecified atom stereocenters. The third-order valence-electron chi connectivity index (χ3n) is 14.4. The molecule has 0 fully saturated rings. The highest BCUT2D eigenvalue weighted by Gasteiger charge is 2.39. The van der Waals surface area contributed by atoms with Gasteiger partial charge in [-0.1, -0.05) is 105 Å². The molecular weight excluding hydrogens is 880 g/mol. The predicted octanol–water partition coefficient (Wildman–Crippen LogP) is 13.7. The van der Waals surface area contributed by atoms with Gasteiger partial charge in [-0.15, -0.1) is 0 Å². The molecule has 0 spiro atoms. The molecule has 0 saturated carbocycles. The Hall–Kier alpha value is -8.56. The summed E-state index contributed by atoms with van der Waals surface area (Å²) in [6.07, 6.45) is 0. The summed E-state index contributed by atoms with van der Waals surface area (Å²) in [5.74, 6) is 2.97. The lowest BCUT2D eigenvalue weighted by atomic mass is 9.34. The zero-order valence-electron chi connectivity index (χ0n) is 39.5. The molecule has 5 heterocycles. The van der Waals surface area contributed by atoms with Gasteiger partial charge in [0.05, 0.1) is 0 Å². The highest BCUT2D eigenvalue weighted by atomic mass is 16.6. The average Bonchev–Trinajstić information content (AvgIpc) is 3.97. The van der Waals surface area contributed by atoms with Gasteiger partial charge in [0.25, 0.3) is 0 Å². The van der Waals surface area contributed by atoms with Crippen LogP contribution in [0.5, 0.6) is 23.0 Å². The Morgan fingerprint density at radius 2 is 1.03 bits per heavy atom. The molecular formula is C62H47BN2O6. The van der Waals surface area contributed by atoms with E-state index in [2.05, 4.69) is 171 Å². The molecule has 1 N–H and O–H groups in total. The third kappa shape index (κ3) is 6.97. The Labute approximate surface area is 411 Å². The summed E-state index contributed by atoms with van der Waals surface area (Å²) in [5, 5.41) is 8.38. The first-order chi connectivity index (χ1) is 34.8. The molecule has 9 heteroatoms. The van der Waals surface area contributed by atoms with Gasteiger partial charge in [-0.3, -0.25) is 0 Å². The zero-order chi connectivity index (χ0) is 47.4. The molecule has 0 amide bonds. The van der Waals surface area contributed by atoms with Gasteiger partial charge in [-0.05, 0) is 135 Å². The Balaban J connectivity index is 1.01. The molecule has 11 aromatic rings. The number of para-hydroxylation sites is 2. The van der Waals surface area contributed by atoms with E-state index in [1.807, 2.05) is 36.4 Å². The molecule has 0 bridgehead atoms. The Kier molecular flexibility index (Phi) is 9.34. The fourth-order valence-corrected chi connectivity index (χ4v) is 10.9. The van der Waals surface area contributed by atoms with Crippen LogP contribution >= 0.6 is 0 Å². The first kappa shape index (κ1) is 41.4. The van der Waals surface area contributed by atoms with E-state index < -0.39 is 0 Å². The number of anilines is 5. The third-order valence-corrected chi connectivity index (χ3v) is 14.4. The van der Waals surface area contributed by atoms with E-state index in [1.54, 1.807) is 0 Å². The lowest BCUT2D eigenvalue weighted by Gasteiger charge is -2.40. The fourth-order valence-electron chi connectivity index (χ4n) is 10.9. The van der Waals surface area contributed by atoms with Crippen molar-refractivity contribution in [2.75, 3.05) is 36.6 Å². The molecule has 71 heavy (non-hydrogen) atoms. The van der Waals surface area contributed by atoms with Crippen LogP contribution in [0.2, 0.25) is 0 Å².